The number of nitrogens with one attached hydrogen (secondary N) is 1. The second-order valence-electron chi connectivity index (χ2n) is 3.64. The van der Waals surface area contributed by atoms with Crippen molar-refractivity contribution in [2.45, 2.75) is 12.8 Å². The minimum atomic E-state index is 0.361. The molecule has 0 radical (unpaired) electrons. The molecule has 2 heterocycles. The lowest BCUT2D eigenvalue weighted by molar-refractivity contribution is -0.119. The Labute approximate surface area is 95.8 Å². The van der Waals surface area contributed by atoms with Gasteiger partial charge in [-0.15, -0.1) is 11.3 Å². The minimum Gasteiger partial charge on any atom is -0.316 e. The smallest absolute Gasteiger partial charge is 0.138 e. The summed E-state index contributed by atoms with van der Waals surface area (Å²) < 4.78 is 1.07. The number of halogens is 1. The Kier molecular flexibility index (Phi) is 3.36. The van der Waals surface area contributed by atoms with Crippen molar-refractivity contribution < 1.29 is 4.79 Å². The number of ketones is 1. The first-order valence-corrected chi connectivity index (χ1v) is 6.37. The molecule has 14 heavy (non-hydrogen) atoms. The average molecular weight is 274 g/mol. The Bertz CT molecular complexity index is 333. The van der Waals surface area contributed by atoms with Crippen LogP contribution in [0.2, 0.25) is 0 Å². The Morgan fingerprint density at radius 3 is 2.93 bits per heavy atom. The predicted octanol–water partition coefficient (Wildman–Crippen LogP) is 2.23. The summed E-state index contributed by atoms with van der Waals surface area (Å²) in [6.07, 6.45) is 1.33. The molecule has 1 saturated heterocycles. The molecule has 1 aromatic rings. The molecule has 0 saturated carbocycles. The molecule has 0 aromatic carbocycles. The molecular formula is C10H12BrNOS. The van der Waals surface area contributed by atoms with E-state index in [1.54, 1.807) is 11.3 Å². The van der Waals surface area contributed by atoms with E-state index in [1.807, 2.05) is 11.4 Å². The Hall–Kier alpha value is -0.190. The number of hydrogen-bond donors (Lipinski definition) is 1. The normalized spacial score (nSPS) is 16.6. The molecule has 4 heteroatoms. The van der Waals surface area contributed by atoms with Gasteiger partial charge in [-0.1, -0.05) is 0 Å². The van der Waals surface area contributed by atoms with Crippen LogP contribution in [0.3, 0.4) is 0 Å². The maximum atomic E-state index is 11.6. The highest BCUT2D eigenvalue weighted by molar-refractivity contribution is 9.10. The highest BCUT2D eigenvalue weighted by Crippen LogP contribution is 2.24. The van der Waals surface area contributed by atoms with Gasteiger partial charge in [-0.3, -0.25) is 4.79 Å². The molecule has 1 aliphatic rings. The van der Waals surface area contributed by atoms with Gasteiger partial charge in [-0.25, -0.2) is 0 Å². The maximum absolute atomic E-state index is 11.6. The molecular weight excluding hydrogens is 262 g/mol. The van der Waals surface area contributed by atoms with Crippen LogP contribution in [-0.2, 0) is 11.2 Å². The summed E-state index contributed by atoms with van der Waals surface area (Å²) in [7, 11) is 0. The van der Waals surface area contributed by atoms with Crippen LogP contribution in [0.4, 0.5) is 0 Å². The van der Waals surface area contributed by atoms with Gasteiger partial charge in [0.15, 0.2) is 0 Å². The van der Waals surface area contributed by atoms with Crippen molar-refractivity contribution in [1.29, 1.82) is 0 Å². The van der Waals surface area contributed by atoms with Crippen molar-refractivity contribution in [2.24, 2.45) is 5.92 Å². The van der Waals surface area contributed by atoms with E-state index in [0.29, 0.717) is 18.1 Å². The summed E-state index contributed by atoms with van der Waals surface area (Å²) in [5.74, 6) is 0.945. The monoisotopic (exact) mass is 273 g/mol. The molecule has 0 bridgehead atoms. The van der Waals surface area contributed by atoms with Crippen molar-refractivity contribution in [3.63, 3.8) is 0 Å². The third-order valence-electron chi connectivity index (χ3n) is 2.43. The second-order valence-corrected chi connectivity index (χ2v) is 5.49. The summed E-state index contributed by atoms with van der Waals surface area (Å²) in [5.41, 5.74) is 0. The van der Waals surface area contributed by atoms with Crippen LogP contribution in [0.25, 0.3) is 0 Å². The molecule has 0 unspecified atom stereocenters. The molecule has 1 N–H and O–H groups in total. The van der Waals surface area contributed by atoms with Crippen molar-refractivity contribution in [2.75, 3.05) is 13.1 Å². The van der Waals surface area contributed by atoms with Crippen LogP contribution in [0.1, 0.15) is 11.3 Å². The molecule has 2 nitrogen and oxygen atoms in total. The van der Waals surface area contributed by atoms with Gasteiger partial charge in [-0.2, -0.15) is 0 Å². The molecule has 0 amide bonds. The summed E-state index contributed by atoms with van der Waals surface area (Å²) >= 11 is 5.09. The maximum Gasteiger partial charge on any atom is 0.138 e. The fourth-order valence-corrected chi connectivity index (χ4v) is 3.04. The van der Waals surface area contributed by atoms with E-state index in [0.717, 1.165) is 28.9 Å². The molecule has 76 valence electrons. The van der Waals surface area contributed by atoms with E-state index >= 15 is 0 Å². The number of hydrogen-bond acceptors (Lipinski definition) is 3. The van der Waals surface area contributed by atoms with Gasteiger partial charge in [0.2, 0.25) is 0 Å². The fraction of sp³-hybridized carbons (Fsp3) is 0.500. The molecule has 0 spiro atoms. The molecule has 0 atom stereocenters. The lowest BCUT2D eigenvalue weighted by Gasteiger charge is -2.26. The van der Waals surface area contributed by atoms with Gasteiger partial charge >= 0.3 is 0 Å². The van der Waals surface area contributed by atoms with E-state index in [1.165, 1.54) is 0 Å². The molecule has 0 aliphatic carbocycles. The van der Waals surface area contributed by atoms with Crippen molar-refractivity contribution >= 4 is 33.0 Å². The average Bonchev–Trinajstić information content (AvgIpc) is 2.45. The second kappa shape index (κ2) is 4.55. The van der Waals surface area contributed by atoms with E-state index < -0.39 is 0 Å². The third-order valence-corrected chi connectivity index (χ3v) is 4.36. The zero-order chi connectivity index (χ0) is 9.97. The zero-order valence-electron chi connectivity index (χ0n) is 7.75. The van der Waals surface area contributed by atoms with Crippen LogP contribution < -0.4 is 5.32 Å². The van der Waals surface area contributed by atoms with E-state index in [-0.39, 0.29) is 0 Å². The van der Waals surface area contributed by atoms with Gasteiger partial charge < -0.3 is 5.32 Å². The molecule has 1 fully saturated rings. The predicted molar refractivity (Wildman–Crippen MR) is 61.7 cm³/mol. The zero-order valence-corrected chi connectivity index (χ0v) is 10.2. The van der Waals surface area contributed by atoms with E-state index in [2.05, 4.69) is 21.2 Å². The standard InChI is InChI=1S/C10H12BrNOS/c11-9-1-2-14-10(9)4-8(13)3-7-5-12-6-7/h1-2,7,12H,3-6H2. The van der Waals surface area contributed by atoms with Crippen LogP contribution in [0, 0.1) is 5.92 Å². The van der Waals surface area contributed by atoms with Crippen LogP contribution >= 0.6 is 27.3 Å². The Morgan fingerprint density at radius 2 is 2.43 bits per heavy atom. The number of carbonyl (C=O) groups is 1. The van der Waals surface area contributed by atoms with Gasteiger partial charge in [0, 0.05) is 22.2 Å². The number of thiophene rings is 1. The number of Topliss-reactive ketones (excluding diaryl/α,β-unsaturated/α-hetero) is 1. The van der Waals surface area contributed by atoms with Crippen LogP contribution in [0.5, 0.6) is 0 Å². The topological polar surface area (TPSA) is 29.1 Å². The first-order chi connectivity index (χ1) is 6.75. The highest BCUT2D eigenvalue weighted by atomic mass is 79.9. The van der Waals surface area contributed by atoms with Crippen LogP contribution in [0.15, 0.2) is 15.9 Å². The first kappa shape index (κ1) is 10.3. The van der Waals surface area contributed by atoms with Gasteiger partial charge in [-0.05, 0) is 46.4 Å². The van der Waals surface area contributed by atoms with Gasteiger partial charge in [0.25, 0.3) is 0 Å². The largest absolute Gasteiger partial charge is 0.316 e. The Balaban J connectivity index is 1.84. The third kappa shape index (κ3) is 2.43. The summed E-state index contributed by atoms with van der Waals surface area (Å²) in [5, 5.41) is 5.19. The van der Waals surface area contributed by atoms with Crippen molar-refractivity contribution in [3.8, 4) is 0 Å². The van der Waals surface area contributed by atoms with Crippen molar-refractivity contribution in [1.82, 2.24) is 5.32 Å². The number of rotatable bonds is 4. The van der Waals surface area contributed by atoms with Crippen LogP contribution in [-0.4, -0.2) is 18.9 Å². The molecule has 1 aliphatic heterocycles. The summed E-state index contributed by atoms with van der Waals surface area (Å²) in [6.45, 7) is 2.02. The highest BCUT2D eigenvalue weighted by Gasteiger charge is 2.20. The van der Waals surface area contributed by atoms with E-state index in [9.17, 15) is 4.79 Å². The summed E-state index contributed by atoms with van der Waals surface area (Å²) in [6, 6.07) is 2.00. The summed E-state index contributed by atoms with van der Waals surface area (Å²) in [4.78, 5) is 12.8. The first-order valence-electron chi connectivity index (χ1n) is 4.70. The molecule has 1 aromatic heterocycles. The van der Waals surface area contributed by atoms with E-state index in [4.69, 9.17) is 0 Å². The lowest BCUT2D eigenvalue weighted by atomic mass is 9.95. The minimum absolute atomic E-state index is 0.361. The number of carbonyl (C=O) groups excluding carboxylic acids is 1. The quantitative estimate of drug-likeness (QED) is 0.912. The lowest BCUT2D eigenvalue weighted by Crippen LogP contribution is -2.43. The SMILES string of the molecule is O=C(Cc1sccc1Br)CC1CNC1. The van der Waals surface area contributed by atoms with Gasteiger partial charge in [0.1, 0.15) is 5.78 Å². The Morgan fingerprint density at radius 1 is 1.64 bits per heavy atom. The van der Waals surface area contributed by atoms with Gasteiger partial charge in [0.05, 0.1) is 0 Å². The molecule has 2 rings (SSSR count). The van der Waals surface area contributed by atoms with Crippen molar-refractivity contribution in [3.05, 3.63) is 20.8 Å². The fourth-order valence-electron chi connectivity index (χ4n) is 1.52.